The number of aliphatic hydroxyl groups excluding tert-OH is 1. The molecule has 0 heterocycles. The van der Waals surface area contributed by atoms with Gasteiger partial charge < -0.3 is 20.1 Å². The Morgan fingerprint density at radius 2 is 1.72 bits per heavy atom. The molecule has 0 fully saturated rings. The second-order valence-corrected chi connectivity index (χ2v) is 8.32. The quantitative estimate of drug-likeness (QED) is 0.341. The van der Waals surface area contributed by atoms with Crippen LogP contribution in [0.15, 0.2) is 29.2 Å². The van der Waals surface area contributed by atoms with Crippen molar-refractivity contribution in [3.05, 3.63) is 40.9 Å². The van der Waals surface area contributed by atoms with Gasteiger partial charge in [0.05, 0.1) is 38.1 Å². The van der Waals surface area contributed by atoms with Crippen molar-refractivity contribution in [1.82, 2.24) is 0 Å². The number of carbonyl (C=O) groups excluding carboxylic acids is 1. The molecule has 158 valence electrons. The minimum atomic E-state index is -4.15. The van der Waals surface area contributed by atoms with E-state index < -0.39 is 28.1 Å². The van der Waals surface area contributed by atoms with Crippen molar-refractivity contribution in [2.24, 2.45) is 0 Å². The van der Waals surface area contributed by atoms with Gasteiger partial charge in [0.2, 0.25) is 0 Å². The van der Waals surface area contributed by atoms with Gasteiger partial charge in [-0.3, -0.25) is 8.98 Å². The molecular weight excluding hydrogens is 400 g/mol. The molecule has 0 amide bonds. The average molecular weight is 424 g/mol. The molecule has 10 heteroatoms. The minimum absolute atomic E-state index is 0.110. The predicted molar refractivity (Wildman–Crippen MR) is 104 cm³/mol. The normalized spacial score (nSPS) is 16.8. The van der Waals surface area contributed by atoms with Crippen molar-refractivity contribution in [3.8, 4) is 0 Å². The highest BCUT2D eigenvalue weighted by Gasteiger charge is 2.30. The van der Waals surface area contributed by atoms with Crippen molar-refractivity contribution in [2.75, 3.05) is 19.8 Å². The largest absolute Gasteiger partial charge is 0.391 e. The third kappa shape index (κ3) is 6.14. The number of ketones is 1. The number of allylic oxidation sites excluding steroid dienone is 1. The lowest BCUT2D eigenvalue weighted by Crippen LogP contribution is -2.26. The number of aliphatic hydroxyl groups is 1. The van der Waals surface area contributed by atoms with E-state index in [-0.39, 0.29) is 47.7 Å². The summed E-state index contributed by atoms with van der Waals surface area (Å²) in [5.41, 5.74) is 8.96. The lowest BCUT2D eigenvalue weighted by molar-refractivity contribution is -0.0596. The van der Waals surface area contributed by atoms with Crippen molar-refractivity contribution in [1.29, 1.82) is 0 Å². The molecule has 0 aliphatic heterocycles. The van der Waals surface area contributed by atoms with Gasteiger partial charge in [-0.25, -0.2) is 0 Å². The van der Waals surface area contributed by atoms with Gasteiger partial charge >= 0.3 is 5.71 Å². The predicted octanol–water partition coefficient (Wildman–Crippen LogP) is 1.46. The van der Waals surface area contributed by atoms with Crippen molar-refractivity contribution < 1.29 is 36.8 Å². The first-order chi connectivity index (χ1) is 13.7. The summed E-state index contributed by atoms with van der Waals surface area (Å²) in [6, 6.07) is 4.21. The molecule has 3 unspecified atom stereocenters. The Labute approximate surface area is 169 Å². The highest BCUT2D eigenvalue weighted by atomic mass is 32.2. The van der Waals surface area contributed by atoms with E-state index in [9.17, 15) is 18.3 Å². The average Bonchev–Trinajstić information content (AvgIpc) is 2.69. The van der Waals surface area contributed by atoms with E-state index in [1.165, 1.54) is 30.4 Å². The lowest BCUT2D eigenvalue weighted by atomic mass is 9.95. The molecule has 2 rings (SSSR count). The van der Waals surface area contributed by atoms with Gasteiger partial charge in [0.15, 0.2) is 0 Å². The first-order valence-electron chi connectivity index (χ1n) is 9.04. The van der Waals surface area contributed by atoms with E-state index in [0.717, 1.165) is 0 Å². The van der Waals surface area contributed by atoms with Crippen LogP contribution in [0.1, 0.15) is 36.7 Å². The number of fused-ring (bicyclic) bond motifs is 1. The summed E-state index contributed by atoms with van der Waals surface area (Å²) in [6.07, 6.45) is 1.24. The zero-order valence-corrected chi connectivity index (χ0v) is 17.3. The minimum Gasteiger partial charge on any atom is -0.391 e. The lowest BCUT2D eigenvalue weighted by Gasteiger charge is -2.19. The molecule has 1 aliphatic carbocycles. The van der Waals surface area contributed by atoms with Gasteiger partial charge in [-0.1, -0.05) is 12.1 Å². The first-order valence-corrected chi connectivity index (χ1v) is 10.4. The van der Waals surface area contributed by atoms with Gasteiger partial charge in [0.1, 0.15) is 4.90 Å². The molecule has 0 bridgehead atoms. The first kappa shape index (κ1) is 23.1. The second-order valence-electron chi connectivity index (χ2n) is 6.74. The monoisotopic (exact) mass is 424 g/mol. The zero-order valence-electron chi connectivity index (χ0n) is 16.4. The molecule has 0 aromatic heterocycles. The maximum absolute atomic E-state index is 12.6. The number of rotatable bonds is 10. The van der Waals surface area contributed by atoms with E-state index in [1.807, 2.05) is 0 Å². The van der Waals surface area contributed by atoms with E-state index in [2.05, 4.69) is 4.79 Å². The van der Waals surface area contributed by atoms with Gasteiger partial charge in [-0.15, -0.1) is 0 Å². The summed E-state index contributed by atoms with van der Waals surface area (Å²) < 4.78 is 41.2. The second kappa shape index (κ2) is 10.0. The van der Waals surface area contributed by atoms with Gasteiger partial charge in [-0.05, 0) is 32.9 Å². The fourth-order valence-corrected chi connectivity index (χ4v) is 3.73. The smallest absolute Gasteiger partial charge is 0.362 e. The fraction of sp³-hybridized carbons (Fsp3) is 0.474. The van der Waals surface area contributed by atoms with Crippen LogP contribution in [0.5, 0.6) is 0 Å². The Bertz CT molecular complexity index is 934. The molecule has 1 aromatic carbocycles. The Morgan fingerprint density at radius 3 is 2.38 bits per heavy atom. The third-order valence-electron chi connectivity index (χ3n) is 4.02. The Balaban J connectivity index is 2.01. The standard InChI is InChI=1S/C19H24N2O7S/c1-12(22)9-26-13(2)10-27-14(3)11-28-29(24,25)18-6-4-5-16-15(18)7-8-17(21-20)19(16)23/h4-8,12-14,22H,9-11H2,1-3H3. The van der Waals surface area contributed by atoms with Crippen LogP contribution in [0.4, 0.5) is 0 Å². The molecule has 0 saturated heterocycles. The van der Waals surface area contributed by atoms with E-state index >= 15 is 0 Å². The number of benzene rings is 1. The molecule has 1 N–H and O–H groups in total. The summed E-state index contributed by atoms with van der Waals surface area (Å²) in [7, 11) is -4.15. The molecule has 3 atom stereocenters. The number of ether oxygens (including phenoxy) is 2. The highest BCUT2D eigenvalue weighted by molar-refractivity contribution is 7.86. The van der Waals surface area contributed by atoms with Gasteiger partial charge in [0.25, 0.3) is 15.9 Å². The molecule has 9 nitrogen and oxygen atoms in total. The van der Waals surface area contributed by atoms with Crippen LogP contribution in [0.3, 0.4) is 0 Å². The van der Waals surface area contributed by atoms with E-state index in [0.29, 0.717) is 0 Å². The zero-order chi connectivity index (χ0) is 21.6. The van der Waals surface area contributed by atoms with Crippen molar-refractivity contribution >= 4 is 27.7 Å². The molecule has 29 heavy (non-hydrogen) atoms. The Kier molecular flexibility index (Phi) is 7.97. The number of carbonyl (C=O) groups is 1. The number of hydrogen-bond acceptors (Lipinski definition) is 7. The van der Waals surface area contributed by atoms with Crippen LogP contribution >= 0.6 is 0 Å². The van der Waals surface area contributed by atoms with Gasteiger partial charge in [0, 0.05) is 17.2 Å². The van der Waals surface area contributed by atoms with Crippen LogP contribution in [0.2, 0.25) is 0 Å². The maximum atomic E-state index is 12.6. The number of nitrogens with zero attached hydrogens (tertiary/aromatic N) is 2. The SMILES string of the molecule is CC(O)COC(C)COC(C)COS(=O)(=O)c1cccc2c1C=CC(=[N+]=[N-])C2=O. The van der Waals surface area contributed by atoms with Crippen LogP contribution in [0, 0.1) is 0 Å². The van der Waals surface area contributed by atoms with Crippen LogP contribution < -0.4 is 0 Å². The van der Waals surface area contributed by atoms with Crippen LogP contribution in [0.25, 0.3) is 11.6 Å². The molecular formula is C19H24N2O7S. The number of Topliss-reactive ketones (excluding diaryl/α,β-unsaturated/α-hetero) is 1. The molecule has 0 radical (unpaired) electrons. The topological polar surface area (TPSA) is 136 Å². The van der Waals surface area contributed by atoms with E-state index in [1.54, 1.807) is 20.8 Å². The summed E-state index contributed by atoms with van der Waals surface area (Å²) in [5.74, 6) is -0.579. The Morgan fingerprint density at radius 1 is 1.07 bits per heavy atom. The Hall–Kier alpha value is -2.20. The van der Waals surface area contributed by atoms with Crippen molar-refractivity contribution in [2.45, 2.75) is 44.0 Å². The molecule has 1 aliphatic rings. The highest BCUT2D eigenvalue weighted by Crippen LogP contribution is 2.26. The van der Waals surface area contributed by atoms with E-state index in [4.69, 9.17) is 19.2 Å². The molecule has 1 aromatic rings. The summed E-state index contributed by atoms with van der Waals surface area (Å²) in [6.45, 7) is 5.20. The maximum Gasteiger partial charge on any atom is 0.362 e. The summed E-state index contributed by atoms with van der Waals surface area (Å²) in [5, 5.41) is 9.19. The fourth-order valence-electron chi connectivity index (χ4n) is 2.54. The summed E-state index contributed by atoms with van der Waals surface area (Å²) >= 11 is 0. The molecule has 0 saturated carbocycles. The number of hydrogen-bond donors (Lipinski definition) is 1. The van der Waals surface area contributed by atoms with Gasteiger partial charge in [-0.2, -0.15) is 13.2 Å². The third-order valence-corrected chi connectivity index (χ3v) is 5.36. The molecule has 0 spiro atoms. The van der Waals surface area contributed by atoms with Crippen molar-refractivity contribution in [3.63, 3.8) is 0 Å². The summed E-state index contributed by atoms with van der Waals surface area (Å²) in [4.78, 5) is 15.0. The van der Waals surface area contributed by atoms with Crippen LogP contribution in [-0.4, -0.2) is 67.9 Å². The van der Waals surface area contributed by atoms with Crippen LogP contribution in [-0.2, 0) is 23.8 Å².